The predicted molar refractivity (Wildman–Crippen MR) is 59.4 cm³/mol. The fourth-order valence-corrected chi connectivity index (χ4v) is 1.37. The van der Waals surface area contributed by atoms with Crippen molar-refractivity contribution in [1.82, 2.24) is 20.2 Å². The van der Waals surface area contributed by atoms with Crippen LogP contribution in [0.15, 0.2) is 30.6 Å². The number of nitrogens with one attached hydrogen (secondary N) is 1. The molecule has 0 saturated carbocycles. The third-order valence-corrected chi connectivity index (χ3v) is 2.15. The van der Waals surface area contributed by atoms with E-state index in [0.717, 1.165) is 0 Å². The molecule has 88 valence electrons. The Morgan fingerprint density at radius 2 is 2.24 bits per heavy atom. The summed E-state index contributed by atoms with van der Waals surface area (Å²) in [4.78, 5) is 10.3. The molecule has 1 N–H and O–H groups in total. The van der Waals surface area contributed by atoms with E-state index in [1.54, 1.807) is 22.9 Å². The van der Waals surface area contributed by atoms with Crippen LogP contribution in [0.5, 0.6) is 0 Å². The molecule has 0 aliphatic rings. The van der Waals surface area contributed by atoms with E-state index in [2.05, 4.69) is 20.8 Å². The van der Waals surface area contributed by atoms with Gasteiger partial charge in [0.05, 0.1) is 11.5 Å². The molecule has 0 aliphatic carbocycles. The topological polar surface area (TPSA) is 98.8 Å². The summed E-state index contributed by atoms with van der Waals surface area (Å²) in [7, 11) is 0. The van der Waals surface area contributed by atoms with Gasteiger partial charge in [0.25, 0.3) is 5.69 Å². The fraction of sp³-hybridized carbons (Fsp3) is 0.222. The van der Waals surface area contributed by atoms with Gasteiger partial charge in [-0.3, -0.25) is 10.1 Å². The molecular formula is C9H10N6O2. The third kappa shape index (κ3) is 2.74. The van der Waals surface area contributed by atoms with E-state index < -0.39 is 4.92 Å². The third-order valence-electron chi connectivity index (χ3n) is 2.15. The second kappa shape index (κ2) is 5.01. The molecule has 0 saturated heterocycles. The molecular weight excluding hydrogens is 224 g/mol. The van der Waals surface area contributed by atoms with Gasteiger partial charge in [-0.25, -0.2) is 4.68 Å². The maximum atomic E-state index is 10.7. The molecule has 0 fully saturated rings. The first-order chi connectivity index (χ1) is 8.27. The molecule has 1 aromatic carbocycles. The van der Waals surface area contributed by atoms with E-state index in [1.165, 1.54) is 12.4 Å². The molecule has 0 bridgehead atoms. The van der Waals surface area contributed by atoms with Crippen molar-refractivity contribution in [2.24, 2.45) is 0 Å². The van der Waals surface area contributed by atoms with Crippen LogP contribution in [0.25, 0.3) is 0 Å². The van der Waals surface area contributed by atoms with Gasteiger partial charge in [0, 0.05) is 12.6 Å². The standard InChI is InChI=1S/C9H10N6O2/c16-15(17)9-4-2-1-3-8(9)10-5-6-14-7-11-12-13-14/h1-4,7,10H,5-6H2. The summed E-state index contributed by atoms with van der Waals surface area (Å²) in [5.41, 5.74) is 0.551. The average Bonchev–Trinajstić information content (AvgIpc) is 2.82. The number of rotatable bonds is 5. The highest BCUT2D eigenvalue weighted by atomic mass is 16.6. The lowest BCUT2D eigenvalue weighted by atomic mass is 10.2. The maximum Gasteiger partial charge on any atom is 0.292 e. The number of anilines is 1. The molecule has 1 heterocycles. The van der Waals surface area contributed by atoms with Gasteiger partial charge in [0.1, 0.15) is 12.0 Å². The molecule has 17 heavy (non-hydrogen) atoms. The zero-order valence-corrected chi connectivity index (χ0v) is 8.85. The lowest BCUT2D eigenvalue weighted by Gasteiger charge is -2.05. The summed E-state index contributed by atoms with van der Waals surface area (Å²) in [5.74, 6) is 0. The van der Waals surface area contributed by atoms with Gasteiger partial charge >= 0.3 is 0 Å². The Morgan fingerprint density at radius 1 is 1.41 bits per heavy atom. The van der Waals surface area contributed by atoms with E-state index >= 15 is 0 Å². The van der Waals surface area contributed by atoms with Crippen molar-refractivity contribution < 1.29 is 4.92 Å². The predicted octanol–water partition coefficient (Wildman–Crippen LogP) is 0.693. The molecule has 0 atom stereocenters. The van der Waals surface area contributed by atoms with Crippen molar-refractivity contribution in [3.8, 4) is 0 Å². The number of nitro benzene ring substituents is 1. The quantitative estimate of drug-likeness (QED) is 0.603. The summed E-state index contributed by atoms with van der Waals surface area (Å²) in [6.07, 6.45) is 1.49. The van der Waals surface area contributed by atoms with Gasteiger partial charge in [0.15, 0.2) is 0 Å². The second-order valence-corrected chi connectivity index (χ2v) is 3.27. The summed E-state index contributed by atoms with van der Waals surface area (Å²) in [6.45, 7) is 1.05. The van der Waals surface area contributed by atoms with Crippen LogP contribution >= 0.6 is 0 Å². The van der Waals surface area contributed by atoms with Crippen LogP contribution in [0.3, 0.4) is 0 Å². The van der Waals surface area contributed by atoms with Crippen molar-refractivity contribution in [1.29, 1.82) is 0 Å². The first-order valence-electron chi connectivity index (χ1n) is 4.95. The highest BCUT2D eigenvalue weighted by Crippen LogP contribution is 2.22. The van der Waals surface area contributed by atoms with Crippen molar-refractivity contribution in [3.05, 3.63) is 40.7 Å². The SMILES string of the molecule is O=[N+]([O-])c1ccccc1NCCn1cnnn1. The Hall–Kier alpha value is -2.51. The monoisotopic (exact) mass is 234 g/mol. The Balaban J connectivity index is 1.97. The van der Waals surface area contributed by atoms with Crippen LogP contribution in [0.2, 0.25) is 0 Å². The van der Waals surface area contributed by atoms with Gasteiger partial charge in [0.2, 0.25) is 0 Å². The summed E-state index contributed by atoms with van der Waals surface area (Å²) < 4.78 is 1.54. The zero-order chi connectivity index (χ0) is 12.1. The van der Waals surface area contributed by atoms with Gasteiger partial charge in [-0.05, 0) is 16.5 Å². The number of nitro groups is 1. The Bertz CT molecular complexity index is 498. The van der Waals surface area contributed by atoms with Crippen molar-refractivity contribution >= 4 is 11.4 Å². The summed E-state index contributed by atoms with van der Waals surface area (Å²) in [5, 5.41) is 24.4. The van der Waals surface area contributed by atoms with Crippen LogP contribution in [-0.4, -0.2) is 31.7 Å². The first kappa shape index (κ1) is 11.0. The van der Waals surface area contributed by atoms with Crippen molar-refractivity contribution in [2.45, 2.75) is 6.54 Å². The Kier molecular flexibility index (Phi) is 3.24. The summed E-state index contributed by atoms with van der Waals surface area (Å²) >= 11 is 0. The second-order valence-electron chi connectivity index (χ2n) is 3.27. The van der Waals surface area contributed by atoms with Crippen molar-refractivity contribution in [2.75, 3.05) is 11.9 Å². The molecule has 2 rings (SSSR count). The van der Waals surface area contributed by atoms with Crippen LogP contribution < -0.4 is 5.32 Å². The molecule has 1 aromatic heterocycles. The Labute approximate surface area is 96.4 Å². The highest BCUT2D eigenvalue weighted by molar-refractivity contribution is 5.60. The van der Waals surface area contributed by atoms with E-state index in [-0.39, 0.29) is 5.69 Å². The molecule has 2 aromatic rings. The first-order valence-corrected chi connectivity index (χ1v) is 4.95. The maximum absolute atomic E-state index is 10.7. The molecule has 0 amide bonds. The number of tetrazole rings is 1. The molecule has 8 heteroatoms. The minimum atomic E-state index is -0.417. The smallest absolute Gasteiger partial charge is 0.292 e. The molecule has 0 radical (unpaired) electrons. The van der Waals surface area contributed by atoms with Crippen LogP contribution in [0.4, 0.5) is 11.4 Å². The zero-order valence-electron chi connectivity index (χ0n) is 8.85. The minimum Gasteiger partial charge on any atom is -0.378 e. The van der Waals surface area contributed by atoms with Gasteiger partial charge in [-0.15, -0.1) is 5.10 Å². The molecule has 0 aliphatic heterocycles. The molecule has 8 nitrogen and oxygen atoms in total. The number of hydrogen-bond donors (Lipinski definition) is 1. The average molecular weight is 234 g/mol. The number of benzene rings is 1. The van der Waals surface area contributed by atoms with E-state index in [1.807, 2.05) is 0 Å². The number of aromatic nitrogens is 4. The van der Waals surface area contributed by atoms with Crippen LogP contribution in [-0.2, 0) is 6.54 Å². The van der Waals surface area contributed by atoms with Gasteiger partial charge in [-0.1, -0.05) is 12.1 Å². The minimum absolute atomic E-state index is 0.0595. The van der Waals surface area contributed by atoms with Gasteiger partial charge in [-0.2, -0.15) is 0 Å². The Morgan fingerprint density at radius 3 is 2.94 bits per heavy atom. The molecule has 0 spiro atoms. The lowest BCUT2D eigenvalue weighted by Crippen LogP contribution is -2.11. The van der Waals surface area contributed by atoms with Crippen LogP contribution in [0, 0.1) is 10.1 Å². The van der Waals surface area contributed by atoms with Crippen LogP contribution in [0.1, 0.15) is 0 Å². The summed E-state index contributed by atoms with van der Waals surface area (Å²) in [6, 6.07) is 6.49. The fourth-order valence-electron chi connectivity index (χ4n) is 1.37. The van der Waals surface area contributed by atoms with E-state index in [4.69, 9.17) is 0 Å². The lowest BCUT2D eigenvalue weighted by molar-refractivity contribution is -0.384. The number of hydrogen-bond acceptors (Lipinski definition) is 6. The van der Waals surface area contributed by atoms with E-state index in [0.29, 0.717) is 18.8 Å². The largest absolute Gasteiger partial charge is 0.378 e. The van der Waals surface area contributed by atoms with Gasteiger partial charge < -0.3 is 5.32 Å². The highest BCUT2D eigenvalue weighted by Gasteiger charge is 2.11. The molecule has 0 unspecified atom stereocenters. The van der Waals surface area contributed by atoms with E-state index in [9.17, 15) is 10.1 Å². The van der Waals surface area contributed by atoms with Crippen molar-refractivity contribution in [3.63, 3.8) is 0 Å². The number of para-hydroxylation sites is 2. The number of nitrogens with zero attached hydrogens (tertiary/aromatic N) is 5. The normalized spacial score (nSPS) is 10.1.